The van der Waals surface area contributed by atoms with Crippen LogP contribution in [-0.2, 0) is 5.54 Å². The van der Waals surface area contributed by atoms with Crippen LogP contribution in [0.2, 0.25) is 0 Å². The molecule has 1 fully saturated rings. The summed E-state index contributed by atoms with van der Waals surface area (Å²) in [6.07, 6.45) is 3.06. The molecule has 1 amide bonds. The first kappa shape index (κ1) is 15.4. The fourth-order valence-electron chi connectivity index (χ4n) is 3.00. The number of fused-ring (bicyclic) bond motifs is 1. The summed E-state index contributed by atoms with van der Waals surface area (Å²) in [6.45, 7) is 3.56. The highest BCUT2D eigenvalue weighted by molar-refractivity contribution is 6.04. The lowest BCUT2D eigenvalue weighted by Crippen LogP contribution is -2.46. The van der Waals surface area contributed by atoms with E-state index < -0.39 is 11.5 Å². The van der Waals surface area contributed by atoms with Crippen molar-refractivity contribution in [3.8, 4) is 0 Å². The Labute approximate surface area is 141 Å². The molecule has 9 nitrogen and oxygen atoms in total. The molecule has 130 valence electrons. The van der Waals surface area contributed by atoms with Gasteiger partial charge in [-0.3, -0.25) is 4.79 Å². The number of rotatable bonds is 5. The summed E-state index contributed by atoms with van der Waals surface area (Å²) in [5.41, 5.74) is 0.0282. The molecule has 0 saturated heterocycles. The van der Waals surface area contributed by atoms with E-state index in [1.54, 1.807) is 6.92 Å². The molecular weight excluding hydrogens is 328 g/mol. The summed E-state index contributed by atoms with van der Waals surface area (Å²) in [5.74, 6) is -0.430. The Morgan fingerprint density at radius 3 is 2.80 bits per heavy atom. The van der Waals surface area contributed by atoms with Gasteiger partial charge in [0.15, 0.2) is 11.4 Å². The monoisotopic (exact) mass is 344 g/mol. The van der Waals surface area contributed by atoms with E-state index in [2.05, 4.69) is 20.4 Å². The molecule has 3 N–H and O–H groups in total. The Morgan fingerprint density at radius 2 is 2.20 bits per heavy atom. The van der Waals surface area contributed by atoms with Crippen molar-refractivity contribution >= 4 is 23.0 Å². The van der Waals surface area contributed by atoms with Crippen molar-refractivity contribution in [2.45, 2.75) is 32.2 Å². The fourth-order valence-corrected chi connectivity index (χ4v) is 3.00. The minimum Gasteiger partial charge on any atom is -0.477 e. The number of carbonyl (C=O) groups excluding carboxylic acids is 1. The molecule has 1 saturated carbocycles. The van der Waals surface area contributed by atoms with E-state index in [1.165, 1.54) is 6.07 Å². The second-order valence-corrected chi connectivity index (χ2v) is 6.44. The molecule has 3 aromatic rings. The zero-order valence-corrected chi connectivity index (χ0v) is 13.6. The van der Waals surface area contributed by atoms with Crippen LogP contribution in [0.1, 0.15) is 52.3 Å². The average molecular weight is 344 g/mol. The maximum Gasteiger partial charge on any atom is 0.341 e. The van der Waals surface area contributed by atoms with Gasteiger partial charge in [-0.05, 0) is 25.7 Å². The number of carbonyl (C=O) groups is 2. The van der Waals surface area contributed by atoms with E-state index >= 15 is 0 Å². The fraction of sp³-hybridized carbons (Fsp3) is 0.375. The van der Waals surface area contributed by atoms with E-state index in [0.29, 0.717) is 17.3 Å². The lowest BCUT2D eigenvalue weighted by Gasteiger charge is -2.27. The van der Waals surface area contributed by atoms with Crippen LogP contribution in [-0.4, -0.2) is 32.1 Å². The molecule has 0 aliphatic heterocycles. The zero-order chi connectivity index (χ0) is 17.8. The van der Waals surface area contributed by atoms with Crippen molar-refractivity contribution in [2.24, 2.45) is 5.92 Å². The maximum atomic E-state index is 12.7. The molecule has 3 heterocycles. The molecule has 0 aromatic carbocycles. The molecular formula is C16H16N4O5. The Bertz CT molecular complexity index is 980. The van der Waals surface area contributed by atoms with Gasteiger partial charge in [-0.25, -0.2) is 4.79 Å². The summed E-state index contributed by atoms with van der Waals surface area (Å²) < 4.78 is 10.2. The second kappa shape index (κ2) is 5.20. The minimum atomic E-state index is -1.13. The van der Waals surface area contributed by atoms with Crippen LogP contribution in [0.15, 0.2) is 21.3 Å². The van der Waals surface area contributed by atoms with Crippen LogP contribution in [0.3, 0.4) is 0 Å². The minimum absolute atomic E-state index is 0.0206. The molecule has 9 heteroatoms. The van der Waals surface area contributed by atoms with Gasteiger partial charge in [0.05, 0.1) is 5.52 Å². The van der Waals surface area contributed by atoms with Gasteiger partial charge in [-0.1, -0.05) is 5.16 Å². The number of H-pyrrole nitrogens is 1. The number of nitrogens with zero attached hydrogens (tertiary/aromatic N) is 2. The van der Waals surface area contributed by atoms with Crippen LogP contribution in [0.4, 0.5) is 0 Å². The standard InChI is InChI=1S/C16H16N4O5/c1-7-17-15(20-25-7)16(2,8-3-4-8)19-13(21)10-5-11-12(18-10)9(6-24-11)14(22)23/h5-6,8,18H,3-4H2,1-2H3,(H,19,21)(H,22,23). The highest BCUT2D eigenvalue weighted by atomic mass is 16.5. The third-order valence-corrected chi connectivity index (χ3v) is 4.59. The van der Waals surface area contributed by atoms with E-state index in [0.717, 1.165) is 19.1 Å². The third-order valence-electron chi connectivity index (χ3n) is 4.59. The second-order valence-electron chi connectivity index (χ2n) is 6.44. The van der Waals surface area contributed by atoms with E-state index in [1.807, 2.05) is 6.92 Å². The van der Waals surface area contributed by atoms with Crippen molar-refractivity contribution in [3.63, 3.8) is 0 Å². The van der Waals surface area contributed by atoms with E-state index in [-0.39, 0.29) is 28.6 Å². The Hall–Kier alpha value is -3.10. The number of hydrogen-bond acceptors (Lipinski definition) is 6. The van der Waals surface area contributed by atoms with Crippen molar-refractivity contribution in [3.05, 3.63) is 35.3 Å². The first-order valence-electron chi connectivity index (χ1n) is 7.85. The molecule has 3 aromatic heterocycles. The average Bonchev–Trinajstić information content (AvgIpc) is 2.99. The molecule has 0 radical (unpaired) electrons. The summed E-state index contributed by atoms with van der Waals surface area (Å²) in [6, 6.07) is 1.48. The number of hydrogen-bond donors (Lipinski definition) is 3. The summed E-state index contributed by atoms with van der Waals surface area (Å²) >= 11 is 0. The number of aromatic carboxylic acids is 1. The topological polar surface area (TPSA) is 134 Å². The molecule has 1 unspecified atom stereocenters. The van der Waals surface area contributed by atoms with Crippen LogP contribution >= 0.6 is 0 Å². The van der Waals surface area contributed by atoms with E-state index in [9.17, 15) is 9.59 Å². The van der Waals surface area contributed by atoms with Gasteiger partial charge in [0, 0.05) is 13.0 Å². The predicted molar refractivity (Wildman–Crippen MR) is 84.1 cm³/mol. The molecule has 4 rings (SSSR count). The van der Waals surface area contributed by atoms with Gasteiger partial charge in [-0.15, -0.1) is 0 Å². The third kappa shape index (κ3) is 2.48. The van der Waals surface area contributed by atoms with Gasteiger partial charge in [0.25, 0.3) is 5.91 Å². The van der Waals surface area contributed by atoms with Crippen molar-refractivity contribution in [1.82, 2.24) is 20.4 Å². The quantitative estimate of drug-likeness (QED) is 0.646. The highest BCUT2D eigenvalue weighted by Crippen LogP contribution is 2.44. The number of furan rings is 1. The number of carboxylic acid groups (broad SMARTS) is 1. The maximum absolute atomic E-state index is 12.7. The van der Waals surface area contributed by atoms with Crippen molar-refractivity contribution in [2.75, 3.05) is 0 Å². The molecule has 25 heavy (non-hydrogen) atoms. The van der Waals surface area contributed by atoms with Gasteiger partial charge >= 0.3 is 5.97 Å². The predicted octanol–water partition coefficient (Wildman–Crippen LogP) is 2.21. The van der Waals surface area contributed by atoms with Crippen LogP contribution in [0.25, 0.3) is 11.1 Å². The SMILES string of the molecule is Cc1nc(C(C)(NC(=O)c2cc3occ(C(=O)O)c3[nH]2)C2CC2)no1. The van der Waals surface area contributed by atoms with Gasteiger partial charge in [-0.2, -0.15) is 4.98 Å². The molecule has 1 aliphatic rings. The van der Waals surface area contributed by atoms with E-state index in [4.69, 9.17) is 14.0 Å². The largest absolute Gasteiger partial charge is 0.477 e. The van der Waals surface area contributed by atoms with Crippen LogP contribution in [0, 0.1) is 12.8 Å². The Balaban J connectivity index is 1.65. The smallest absolute Gasteiger partial charge is 0.341 e. The lowest BCUT2D eigenvalue weighted by atomic mass is 9.94. The highest BCUT2D eigenvalue weighted by Gasteiger charge is 2.47. The van der Waals surface area contributed by atoms with Crippen LogP contribution in [0.5, 0.6) is 0 Å². The Kier molecular flexibility index (Phi) is 3.21. The lowest BCUT2D eigenvalue weighted by molar-refractivity contribution is 0.0697. The zero-order valence-electron chi connectivity index (χ0n) is 13.6. The number of nitrogens with one attached hydrogen (secondary N) is 2. The number of aromatic nitrogens is 3. The van der Waals surface area contributed by atoms with Gasteiger partial charge in [0.1, 0.15) is 23.1 Å². The first-order valence-corrected chi connectivity index (χ1v) is 7.85. The Morgan fingerprint density at radius 1 is 1.44 bits per heavy atom. The van der Waals surface area contributed by atoms with Gasteiger partial charge < -0.3 is 24.3 Å². The molecule has 1 atom stereocenters. The van der Waals surface area contributed by atoms with Crippen molar-refractivity contribution < 1.29 is 23.6 Å². The van der Waals surface area contributed by atoms with Gasteiger partial charge in [0.2, 0.25) is 5.89 Å². The summed E-state index contributed by atoms with van der Waals surface area (Å²) in [4.78, 5) is 30.9. The molecule has 0 spiro atoms. The number of carboxylic acids is 1. The summed E-state index contributed by atoms with van der Waals surface area (Å²) in [7, 11) is 0. The number of aryl methyl sites for hydroxylation is 1. The van der Waals surface area contributed by atoms with Crippen molar-refractivity contribution in [1.29, 1.82) is 0 Å². The number of amides is 1. The number of aromatic amines is 1. The van der Waals surface area contributed by atoms with Crippen LogP contribution < -0.4 is 5.32 Å². The normalized spacial score (nSPS) is 16.7. The summed E-state index contributed by atoms with van der Waals surface area (Å²) in [5, 5.41) is 16.0. The molecule has 0 bridgehead atoms. The molecule has 1 aliphatic carbocycles. The first-order chi connectivity index (χ1) is 11.9.